The van der Waals surface area contributed by atoms with Crippen LogP contribution in [0.5, 0.6) is 0 Å². The lowest BCUT2D eigenvalue weighted by atomic mass is 9.76. The SMILES string of the molecule is O=[N+]([O-])c1ccc(N2[C@H]3[C@@H]4CC[C@@H](C4)[C@H]3C3c4ccccc4CCN32)cc1. The Labute approximate surface area is 158 Å². The van der Waals surface area contributed by atoms with Crippen molar-refractivity contribution in [2.45, 2.75) is 37.8 Å². The first-order valence-corrected chi connectivity index (χ1v) is 10.1. The Bertz CT molecular complexity index is 912. The van der Waals surface area contributed by atoms with E-state index < -0.39 is 0 Å². The molecule has 2 aliphatic heterocycles. The summed E-state index contributed by atoms with van der Waals surface area (Å²) in [6.45, 7) is 1.03. The number of benzene rings is 2. The molecule has 3 fully saturated rings. The monoisotopic (exact) mass is 361 g/mol. The molecular formula is C22H23N3O2. The predicted molar refractivity (Wildman–Crippen MR) is 103 cm³/mol. The molecule has 2 saturated carbocycles. The molecule has 5 nitrogen and oxygen atoms in total. The van der Waals surface area contributed by atoms with Gasteiger partial charge in [0.1, 0.15) is 0 Å². The van der Waals surface area contributed by atoms with Crippen LogP contribution in [0.2, 0.25) is 0 Å². The van der Waals surface area contributed by atoms with Crippen LogP contribution in [0, 0.1) is 27.9 Å². The lowest BCUT2D eigenvalue weighted by Crippen LogP contribution is -2.46. The van der Waals surface area contributed by atoms with Crippen LogP contribution in [0.15, 0.2) is 48.5 Å². The van der Waals surface area contributed by atoms with Crippen LogP contribution in [-0.4, -0.2) is 22.5 Å². The van der Waals surface area contributed by atoms with Crippen molar-refractivity contribution in [1.82, 2.24) is 5.01 Å². The molecule has 5 atom stereocenters. The number of anilines is 1. The summed E-state index contributed by atoms with van der Waals surface area (Å²) in [7, 11) is 0. The van der Waals surface area contributed by atoms with Crippen molar-refractivity contribution in [1.29, 1.82) is 0 Å². The van der Waals surface area contributed by atoms with E-state index in [-0.39, 0.29) is 10.6 Å². The highest BCUT2D eigenvalue weighted by Crippen LogP contribution is 2.61. The standard InChI is InChI=1S/C22H23N3O2/c26-25(27)18-9-7-17(8-10-18)24-21-16-6-5-15(13-16)20(21)22-19-4-2-1-3-14(19)11-12-23(22)24/h1-4,7-10,15-16,20-22H,5-6,11-13H2/t15-,16+,20+,21-,22?/m0/s1. The molecule has 0 aromatic heterocycles. The van der Waals surface area contributed by atoms with E-state index in [1.54, 1.807) is 12.1 Å². The van der Waals surface area contributed by atoms with Crippen molar-refractivity contribution >= 4 is 11.4 Å². The van der Waals surface area contributed by atoms with E-state index >= 15 is 0 Å². The summed E-state index contributed by atoms with van der Waals surface area (Å²) in [4.78, 5) is 10.8. The topological polar surface area (TPSA) is 49.6 Å². The fourth-order valence-electron chi connectivity index (χ4n) is 6.56. The smallest absolute Gasteiger partial charge is 0.269 e. The summed E-state index contributed by atoms with van der Waals surface area (Å²) >= 11 is 0. The molecule has 0 N–H and O–H groups in total. The maximum atomic E-state index is 11.1. The number of fused-ring (bicyclic) bond motifs is 9. The molecule has 0 amide bonds. The van der Waals surface area contributed by atoms with Gasteiger partial charge in [-0.15, -0.1) is 0 Å². The van der Waals surface area contributed by atoms with Gasteiger partial charge in [0.05, 0.1) is 22.7 Å². The largest absolute Gasteiger partial charge is 0.302 e. The Balaban J connectivity index is 1.46. The second-order valence-corrected chi connectivity index (χ2v) is 8.58. The molecule has 27 heavy (non-hydrogen) atoms. The molecule has 1 unspecified atom stereocenters. The summed E-state index contributed by atoms with van der Waals surface area (Å²) in [5.41, 5.74) is 4.30. The molecule has 2 aromatic carbocycles. The Morgan fingerprint density at radius 3 is 2.59 bits per heavy atom. The number of nitro groups is 1. The van der Waals surface area contributed by atoms with Gasteiger partial charge < -0.3 is 5.01 Å². The van der Waals surface area contributed by atoms with E-state index in [0.29, 0.717) is 18.0 Å². The average molecular weight is 361 g/mol. The van der Waals surface area contributed by atoms with E-state index in [1.165, 1.54) is 30.4 Å². The minimum Gasteiger partial charge on any atom is -0.302 e. The molecule has 2 aliphatic carbocycles. The van der Waals surface area contributed by atoms with Crippen molar-refractivity contribution in [3.63, 3.8) is 0 Å². The van der Waals surface area contributed by atoms with Gasteiger partial charge in [-0.2, -0.15) is 0 Å². The van der Waals surface area contributed by atoms with Crippen LogP contribution < -0.4 is 5.01 Å². The molecule has 5 heteroatoms. The predicted octanol–water partition coefficient (Wildman–Crippen LogP) is 4.34. The van der Waals surface area contributed by atoms with Crippen LogP contribution in [0.1, 0.15) is 36.4 Å². The summed E-state index contributed by atoms with van der Waals surface area (Å²) in [6.07, 6.45) is 5.13. The van der Waals surface area contributed by atoms with Crippen molar-refractivity contribution in [3.8, 4) is 0 Å². The Morgan fingerprint density at radius 2 is 1.78 bits per heavy atom. The summed E-state index contributed by atoms with van der Waals surface area (Å²) in [5.74, 6) is 2.26. The molecule has 2 bridgehead atoms. The number of nitrogens with zero attached hydrogens (tertiary/aromatic N) is 3. The second kappa shape index (κ2) is 5.55. The number of hydrogen-bond acceptors (Lipinski definition) is 4. The molecule has 6 rings (SSSR count). The van der Waals surface area contributed by atoms with Gasteiger partial charge >= 0.3 is 0 Å². The lowest BCUT2D eigenvalue weighted by Gasteiger charge is -2.40. The van der Waals surface area contributed by atoms with E-state index in [9.17, 15) is 10.1 Å². The van der Waals surface area contributed by atoms with Crippen molar-refractivity contribution in [3.05, 3.63) is 69.8 Å². The maximum Gasteiger partial charge on any atom is 0.269 e. The van der Waals surface area contributed by atoms with E-state index in [1.807, 2.05) is 12.1 Å². The van der Waals surface area contributed by atoms with Crippen LogP contribution in [0.4, 0.5) is 11.4 Å². The van der Waals surface area contributed by atoms with E-state index in [2.05, 4.69) is 34.3 Å². The second-order valence-electron chi connectivity index (χ2n) is 8.58. The number of hydrazine groups is 1. The molecule has 0 spiro atoms. The zero-order chi connectivity index (χ0) is 18.1. The first kappa shape index (κ1) is 15.6. The molecular weight excluding hydrogens is 338 g/mol. The highest BCUT2D eigenvalue weighted by molar-refractivity contribution is 5.54. The minimum atomic E-state index is -0.311. The van der Waals surface area contributed by atoms with E-state index in [0.717, 1.165) is 30.5 Å². The Morgan fingerprint density at radius 1 is 1.00 bits per heavy atom. The van der Waals surface area contributed by atoms with Crippen LogP contribution >= 0.6 is 0 Å². The summed E-state index contributed by atoms with van der Waals surface area (Å²) < 4.78 is 0. The van der Waals surface area contributed by atoms with Crippen molar-refractivity contribution in [2.75, 3.05) is 11.6 Å². The van der Waals surface area contributed by atoms with Gasteiger partial charge in [-0.1, -0.05) is 24.3 Å². The van der Waals surface area contributed by atoms with Crippen molar-refractivity contribution < 1.29 is 4.92 Å². The van der Waals surface area contributed by atoms with Crippen LogP contribution in [-0.2, 0) is 6.42 Å². The number of rotatable bonds is 2. The van der Waals surface area contributed by atoms with Gasteiger partial charge in [-0.25, -0.2) is 5.01 Å². The van der Waals surface area contributed by atoms with Gasteiger partial charge in [0.2, 0.25) is 0 Å². The van der Waals surface area contributed by atoms with Gasteiger partial charge in [0.15, 0.2) is 0 Å². The van der Waals surface area contributed by atoms with Gasteiger partial charge in [0, 0.05) is 24.6 Å². The highest BCUT2D eigenvalue weighted by atomic mass is 16.6. The molecule has 0 radical (unpaired) electrons. The Kier molecular flexibility index (Phi) is 3.21. The molecule has 138 valence electrons. The third-order valence-corrected chi connectivity index (χ3v) is 7.49. The molecule has 2 aromatic rings. The van der Waals surface area contributed by atoms with Crippen LogP contribution in [0.25, 0.3) is 0 Å². The molecule has 4 aliphatic rings. The first-order chi connectivity index (χ1) is 13.2. The fraction of sp³-hybridized carbons (Fsp3) is 0.455. The van der Waals surface area contributed by atoms with Gasteiger partial charge in [-0.05, 0) is 60.8 Å². The first-order valence-electron chi connectivity index (χ1n) is 10.1. The van der Waals surface area contributed by atoms with E-state index in [4.69, 9.17) is 0 Å². The number of nitro benzene ring substituents is 1. The van der Waals surface area contributed by atoms with Gasteiger partial charge in [0.25, 0.3) is 5.69 Å². The zero-order valence-corrected chi connectivity index (χ0v) is 15.2. The fourth-order valence-corrected chi connectivity index (χ4v) is 6.56. The maximum absolute atomic E-state index is 11.1. The van der Waals surface area contributed by atoms with Crippen LogP contribution in [0.3, 0.4) is 0 Å². The zero-order valence-electron chi connectivity index (χ0n) is 15.2. The third-order valence-electron chi connectivity index (χ3n) is 7.49. The normalized spacial score (nSPS) is 33.6. The summed E-state index contributed by atoms with van der Waals surface area (Å²) in [5, 5.41) is 16.2. The Hall–Kier alpha value is -2.40. The number of non-ortho nitro benzene ring substituents is 1. The average Bonchev–Trinajstić information content (AvgIpc) is 3.39. The number of hydrogen-bond donors (Lipinski definition) is 0. The van der Waals surface area contributed by atoms with Gasteiger partial charge in [-0.3, -0.25) is 10.1 Å². The van der Waals surface area contributed by atoms with Crippen molar-refractivity contribution in [2.24, 2.45) is 17.8 Å². The highest BCUT2D eigenvalue weighted by Gasteiger charge is 2.61. The molecule has 2 heterocycles. The quantitative estimate of drug-likeness (QED) is 0.590. The molecule has 1 saturated heterocycles. The summed E-state index contributed by atoms with van der Waals surface area (Å²) in [6, 6.07) is 17.2. The third kappa shape index (κ3) is 2.09. The lowest BCUT2D eigenvalue weighted by molar-refractivity contribution is -0.384. The minimum absolute atomic E-state index is 0.169.